The first-order chi connectivity index (χ1) is 12.2. The van der Waals surface area contributed by atoms with Crippen LogP contribution >= 0.6 is 11.6 Å². The zero-order chi connectivity index (χ0) is 18.9. The molecule has 1 aliphatic rings. The molecule has 1 aliphatic heterocycles. The molecule has 1 fully saturated rings. The quantitative estimate of drug-likeness (QED) is 0.808. The van der Waals surface area contributed by atoms with Crippen molar-refractivity contribution in [1.29, 1.82) is 0 Å². The van der Waals surface area contributed by atoms with Crippen molar-refractivity contribution in [1.82, 2.24) is 9.78 Å². The Kier molecular flexibility index (Phi) is 5.13. The molecule has 140 valence electrons. The Balaban J connectivity index is 1.66. The van der Waals surface area contributed by atoms with Gasteiger partial charge >= 0.3 is 6.18 Å². The molecular weight excluding hydrogens is 371 g/mol. The van der Waals surface area contributed by atoms with E-state index in [1.165, 1.54) is 16.8 Å². The van der Waals surface area contributed by atoms with E-state index in [0.717, 1.165) is 17.8 Å². The van der Waals surface area contributed by atoms with E-state index >= 15 is 0 Å². The number of aromatic nitrogens is 2. The molecule has 0 radical (unpaired) electrons. The molecule has 1 saturated heterocycles. The van der Waals surface area contributed by atoms with E-state index in [1.54, 1.807) is 13.2 Å². The van der Waals surface area contributed by atoms with Crippen molar-refractivity contribution in [3.05, 3.63) is 51.4 Å². The van der Waals surface area contributed by atoms with E-state index in [0.29, 0.717) is 25.9 Å². The van der Waals surface area contributed by atoms with Crippen LogP contribution in [0.15, 0.2) is 35.3 Å². The number of nitrogens with zero attached hydrogens (tertiary/aromatic N) is 3. The second kappa shape index (κ2) is 7.19. The molecule has 26 heavy (non-hydrogen) atoms. The lowest BCUT2D eigenvalue weighted by molar-refractivity contribution is -0.137. The predicted molar refractivity (Wildman–Crippen MR) is 91.8 cm³/mol. The number of hydrogen-bond acceptors (Lipinski definition) is 4. The number of aryl methyl sites for hydroxylation is 1. The van der Waals surface area contributed by atoms with Crippen molar-refractivity contribution in [2.24, 2.45) is 7.05 Å². The molecule has 9 heteroatoms. The number of alkyl halides is 3. The Bertz CT molecular complexity index is 846. The highest BCUT2D eigenvalue weighted by Gasteiger charge is 2.31. The van der Waals surface area contributed by atoms with Crippen LogP contribution < -0.4 is 15.2 Å². The van der Waals surface area contributed by atoms with Gasteiger partial charge in [-0.1, -0.05) is 11.6 Å². The number of halogens is 4. The van der Waals surface area contributed by atoms with Gasteiger partial charge in [-0.05, 0) is 18.2 Å². The average molecular weight is 388 g/mol. The highest BCUT2D eigenvalue weighted by molar-refractivity contribution is 6.32. The van der Waals surface area contributed by atoms with E-state index in [-0.39, 0.29) is 22.4 Å². The van der Waals surface area contributed by atoms with Crippen molar-refractivity contribution in [2.45, 2.75) is 25.1 Å². The van der Waals surface area contributed by atoms with Gasteiger partial charge in [0.05, 0.1) is 22.5 Å². The lowest BCUT2D eigenvalue weighted by atomic mass is 10.1. The van der Waals surface area contributed by atoms with E-state index < -0.39 is 11.7 Å². The highest BCUT2D eigenvalue weighted by Crippen LogP contribution is 2.36. The maximum Gasteiger partial charge on any atom is 0.416 e. The van der Waals surface area contributed by atoms with Crippen LogP contribution in [0.4, 0.5) is 18.9 Å². The van der Waals surface area contributed by atoms with Gasteiger partial charge in [-0.2, -0.15) is 18.3 Å². The molecule has 0 spiro atoms. The average Bonchev–Trinajstić information content (AvgIpc) is 2.59. The lowest BCUT2D eigenvalue weighted by Gasteiger charge is -2.33. The van der Waals surface area contributed by atoms with E-state index in [2.05, 4.69) is 5.10 Å². The summed E-state index contributed by atoms with van der Waals surface area (Å²) in [5, 5.41) is 4.14. The van der Waals surface area contributed by atoms with Crippen LogP contribution in [0.5, 0.6) is 5.75 Å². The lowest BCUT2D eigenvalue weighted by Crippen LogP contribution is -2.39. The minimum absolute atomic E-state index is 0.0372. The van der Waals surface area contributed by atoms with Crippen LogP contribution in [0.25, 0.3) is 0 Å². The Morgan fingerprint density at radius 3 is 2.54 bits per heavy atom. The largest absolute Gasteiger partial charge is 0.489 e. The third-order valence-corrected chi connectivity index (χ3v) is 4.63. The van der Waals surface area contributed by atoms with Crippen molar-refractivity contribution in [3.8, 4) is 5.75 Å². The molecule has 0 saturated carbocycles. The first-order valence-electron chi connectivity index (χ1n) is 8.06. The van der Waals surface area contributed by atoms with Gasteiger partial charge in [-0.15, -0.1) is 0 Å². The summed E-state index contributed by atoms with van der Waals surface area (Å²) in [7, 11) is 1.57. The molecular formula is C17H17ClF3N3O2. The Labute approximate surface area is 152 Å². The van der Waals surface area contributed by atoms with Crippen molar-refractivity contribution >= 4 is 17.3 Å². The number of piperidine rings is 1. The molecule has 5 nitrogen and oxygen atoms in total. The van der Waals surface area contributed by atoms with Crippen molar-refractivity contribution < 1.29 is 17.9 Å². The molecule has 0 aliphatic carbocycles. The normalized spacial score (nSPS) is 16.0. The summed E-state index contributed by atoms with van der Waals surface area (Å²) < 4.78 is 45.5. The van der Waals surface area contributed by atoms with Crippen molar-refractivity contribution in [3.63, 3.8) is 0 Å². The summed E-state index contributed by atoms with van der Waals surface area (Å²) in [6.45, 7) is 1.21. The highest BCUT2D eigenvalue weighted by atomic mass is 35.5. The SMILES string of the molecule is Cn1ncc(N2CCC(Oc3cc(C(F)(F)F)ccc3Cl)CC2)cc1=O. The fraction of sp³-hybridized carbons (Fsp3) is 0.412. The standard InChI is InChI=1S/C17H17ClF3N3O2/c1-23-16(25)9-12(10-22-23)24-6-4-13(5-7-24)26-15-8-11(17(19,20)21)2-3-14(15)18/h2-3,8-10,13H,4-7H2,1H3. The first kappa shape index (κ1) is 18.6. The fourth-order valence-corrected chi connectivity index (χ4v) is 2.98. The molecule has 0 amide bonds. The third kappa shape index (κ3) is 4.12. The van der Waals surface area contributed by atoms with E-state index in [9.17, 15) is 18.0 Å². The maximum absolute atomic E-state index is 12.8. The molecule has 3 rings (SSSR count). The summed E-state index contributed by atoms with van der Waals surface area (Å²) >= 11 is 5.97. The molecule has 0 unspecified atom stereocenters. The topological polar surface area (TPSA) is 47.4 Å². The molecule has 0 atom stereocenters. The number of rotatable bonds is 3. The van der Waals surface area contributed by atoms with Crippen LogP contribution in [-0.4, -0.2) is 29.0 Å². The number of hydrogen-bond donors (Lipinski definition) is 0. The first-order valence-corrected chi connectivity index (χ1v) is 8.43. The summed E-state index contributed by atoms with van der Waals surface area (Å²) in [6, 6.07) is 4.57. The molecule has 1 aromatic heterocycles. The minimum Gasteiger partial charge on any atom is -0.489 e. The monoisotopic (exact) mass is 387 g/mol. The van der Waals surface area contributed by atoms with Crippen LogP contribution in [0.2, 0.25) is 5.02 Å². The summed E-state index contributed by atoms with van der Waals surface area (Å²) in [5.41, 5.74) is -0.263. The molecule has 2 heterocycles. The Morgan fingerprint density at radius 1 is 1.23 bits per heavy atom. The third-order valence-electron chi connectivity index (χ3n) is 4.31. The van der Waals surface area contributed by atoms with Crippen LogP contribution in [0, 0.1) is 0 Å². The number of benzene rings is 1. The molecule has 2 aromatic rings. The maximum atomic E-state index is 12.8. The number of ether oxygens (including phenoxy) is 1. The van der Waals surface area contributed by atoms with Gasteiger partial charge in [0, 0.05) is 39.0 Å². The second-order valence-electron chi connectivity index (χ2n) is 6.12. The van der Waals surface area contributed by atoms with Gasteiger partial charge in [-0.3, -0.25) is 4.79 Å². The van der Waals surface area contributed by atoms with Crippen LogP contribution in [-0.2, 0) is 13.2 Å². The van der Waals surface area contributed by atoms with Gasteiger partial charge in [0.25, 0.3) is 5.56 Å². The van der Waals surface area contributed by atoms with Gasteiger partial charge in [0.15, 0.2) is 0 Å². The number of anilines is 1. The van der Waals surface area contributed by atoms with Crippen molar-refractivity contribution in [2.75, 3.05) is 18.0 Å². The Hall–Kier alpha value is -2.22. The second-order valence-corrected chi connectivity index (χ2v) is 6.53. The summed E-state index contributed by atoms with van der Waals surface area (Å²) in [6.07, 6.45) is -1.87. The molecule has 0 bridgehead atoms. The summed E-state index contributed by atoms with van der Waals surface area (Å²) in [4.78, 5) is 13.7. The zero-order valence-electron chi connectivity index (χ0n) is 14.0. The molecule has 0 N–H and O–H groups in total. The molecule has 1 aromatic carbocycles. The zero-order valence-corrected chi connectivity index (χ0v) is 14.7. The van der Waals surface area contributed by atoms with Gasteiger partial charge in [0.2, 0.25) is 0 Å². The smallest absolute Gasteiger partial charge is 0.416 e. The summed E-state index contributed by atoms with van der Waals surface area (Å²) in [5.74, 6) is 0.0372. The van der Waals surface area contributed by atoms with E-state index in [4.69, 9.17) is 16.3 Å². The fourth-order valence-electron chi connectivity index (χ4n) is 2.81. The van der Waals surface area contributed by atoms with E-state index in [1.807, 2.05) is 4.90 Å². The van der Waals surface area contributed by atoms with Crippen LogP contribution in [0.1, 0.15) is 18.4 Å². The van der Waals surface area contributed by atoms with Gasteiger partial charge in [-0.25, -0.2) is 4.68 Å². The van der Waals surface area contributed by atoms with Gasteiger partial charge < -0.3 is 9.64 Å². The van der Waals surface area contributed by atoms with Gasteiger partial charge in [0.1, 0.15) is 11.9 Å². The predicted octanol–water partition coefficient (Wildman–Crippen LogP) is 3.50. The Morgan fingerprint density at radius 2 is 1.92 bits per heavy atom. The van der Waals surface area contributed by atoms with Crippen LogP contribution in [0.3, 0.4) is 0 Å². The minimum atomic E-state index is -4.45.